The Morgan fingerprint density at radius 3 is 2.87 bits per heavy atom. The minimum atomic E-state index is 0.457. The van der Waals surface area contributed by atoms with E-state index in [1.54, 1.807) is 12.3 Å². The van der Waals surface area contributed by atoms with Gasteiger partial charge in [0, 0.05) is 11.8 Å². The van der Waals surface area contributed by atoms with Gasteiger partial charge in [-0.2, -0.15) is 17.0 Å². The van der Waals surface area contributed by atoms with Crippen LogP contribution in [0.3, 0.4) is 0 Å². The summed E-state index contributed by atoms with van der Waals surface area (Å²) in [5, 5.41) is 12.0. The number of anilines is 1. The maximum atomic E-state index is 8.60. The third-order valence-corrected chi connectivity index (χ3v) is 2.85. The van der Waals surface area contributed by atoms with Crippen LogP contribution in [0.2, 0.25) is 0 Å². The summed E-state index contributed by atoms with van der Waals surface area (Å²) in [6.45, 7) is 2.16. The average molecular weight is 221 g/mol. The minimum Gasteiger partial charge on any atom is -0.380 e. The molecule has 0 aliphatic carbocycles. The zero-order valence-corrected chi connectivity index (χ0v) is 9.84. The number of hydrogen-bond acceptors (Lipinski definition) is 4. The van der Waals surface area contributed by atoms with E-state index >= 15 is 0 Å². The first-order valence-electron chi connectivity index (χ1n) is 4.91. The lowest BCUT2D eigenvalue weighted by Gasteiger charge is -2.16. The first-order chi connectivity index (χ1) is 7.30. The van der Waals surface area contributed by atoms with Gasteiger partial charge in [0.05, 0.1) is 11.9 Å². The molecular weight excluding hydrogens is 206 g/mol. The van der Waals surface area contributed by atoms with Crippen LogP contribution in [0.15, 0.2) is 18.3 Å². The zero-order chi connectivity index (χ0) is 11.1. The third-order valence-electron chi connectivity index (χ3n) is 2.11. The fourth-order valence-corrected chi connectivity index (χ4v) is 1.97. The van der Waals surface area contributed by atoms with Crippen LogP contribution in [0.1, 0.15) is 19.0 Å². The number of rotatable bonds is 5. The second-order valence-corrected chi connectivity index (χ2v) is 4.16. The monoisotopic (exact) mass is 221 g/mol. The van der Waals surface area contributed by atoms with Crippen molar-refractivity contribution < 1.29 is 0 Å². The van der Waals surface area contributed by atoms with Crippen LogP contribution in [-0.4, -0.2) is 23.0 Å². The van der Waals surface area contributed by atoms with Crippen molar-refractivity contribution in [2.45, 2.75) is 19.4 Å². The van der Waals surface area contributed by atoms with E-state index in [9.17, 15) is 0 Å². The standard InChI is InChI=1S/C11H15N3S/c1-3-9(8-15-2)14-11-5-4-10(6-12)13-7-11/h4-5,7,9,14H,3,8H2,1-2H3. The van der Waals surface area contributed by atoms with Crippen molar-refractivity contribution in [3.63, 3.8) is 0 Å². The molecule has 0 bridgehead atoms. The van der Waals surface area contributed by atoms with Crippen molar-refractivity contribution in [1.82, 2.24) is 4.98 Å². The summed E-state index contributed by atoms with van der Waals surface area (Å²) in [5.74, 6) is 1.08. The van der Waals surface area contributed by atoms with Crippen LogP contribution in [0.5, 0.6) is 0 Å². The van der Waals surface area contributed by atoms with Gasteiger partial charge in [0.25, 0.3) is 0 Å². The highest BCUT2D eigenvalue weighted by atomic mass is 32.2. The molecule has 0 radical (unpaired) electrons. The molecule has 1 heterocycles. The first-order valence-corrected chi connectivity index (χ1v) is 6.31. The lowest BCUT2D eigenvalue weighted by molar-refractivity contribution is 0.774. The molecule has 0 saturated carbocycles. The van der Waals surface area contributed by atoms with Gasteiger partial charge in [-0.05, 0) is 24.8 Å². The van der Waals surface area contributed by atoms with Crippen molar-refractivity contribution in [3.05, 3.63) is 24.0 Å². The molecule has 0 amide bonds. The number of hydrogen-bond donors (Lipinski definition) is 1. The van der Waals surface area contributed by atoms with Crippen molar-refractivity contribution in [1.29, 1.82) is 5.26 Å². The summed E-state index contributed by atoms with van der Waals surface area (Å²) in [5.41, 5.74) is 1.44. The maximum Gasteiger partial charge on any atom is 0.140 e. The van der Waals surface area contributed by atoms with Crippen LogP contribution >= 0.6 is 11.8 Å². The number of nitrogens with one attached hydrogen (secondary N) is 1. The maximum absolute atomic E-state index is 8.60. The van der Waals surface area contributed by atoms with Crippen molar-refractivity contribution in [2.24, 2.45) is 0 Å². The predicted molar refractivity (Wildman–Crippen MR) is 65.0 cm³/mol. The molecule has 0 aromatic carbocycles. The number of pyridine rings is 1. The number of aromatic nitrogens is 1. The molecular formula is C11H15N3S. The van der Waals surface area contributed by atoms with E-state index in [1.165, 1.54) is 0 Å². The molecule has 1 N–H and O–H groups in total. The highest BCUT2D eigenvalue weighted by molar-refractivity contribution is 7.98. The van der Waals surface area contributed by atoms with Crippen molar-refractivity contribution >= 4 is 17.4 Å². The summed E-state index contributed by atoms with van der Waals surface area (Å²) < 4.78 is 0. The highest BCUT2D eigenvalue weighted by Gasteiger charge is 2.04. The lowest BCUT2D eigenvalue weighted by atomic mass is 10.2. The van der Waals surface area contributed by atoms with E-state index in [0.717, 1.165) is 17.9 Å². The molecule has 80 valence electrons. The predicted octanol–water partition coefficient (Wildman–Crippen LogP) is 2.51. The topological polar surface area (TPSA) is 48.7 Å². The smallest absolute Gasteiger partial charge is 0.140 e. The third kappa shape index (κ3) is 3.80. The lowest BCUT2D eigenvalue weighted by Crippen LogP contribution is -2.21. The van der Waals surface area contributed by atoms with Gasteiger partial charge in [-0.3, -0.25) is 0 Å². The molecule has 1 unspecified atom stereocenters. The fourth-order valence-electron chi connectivity index (χ4n) is 1.24. The van der Waals surface area contributed by atoms with Gasteiger partial charge >= 0.3 is 0 Å². The largest absolute Gasteiger partial charge is 0.380 e. The van der Waals surface area contributed by atoms with Crippen LogP contribution in [0.4, 0.5) is 5.69 Å². The summed E-state index contributed by atoms with van der Waals surface area (Å²) in [6, 6.07) is 6.10. The molecule has 1 aromatic rings. The number of thioether (sulfide) groups is 1. The van der Waals surface area contributed by atoms with Crippen molar-refractivity contribution in [3.8, 4) is 6.07 Å². The summed E-state index contributed by atoms with van der Waals surface area (Å²) in [4.78, 5) is 4.01. The fraction of sp³-hybridized carbons (Fsp3) is 0.455. The second-order valence-electron chi connectivity index (χ2n) is 3.25. The molecule has 3 nitrogen and oxygen atoms in total. The molecule has 15 heavy (non-hydrogen) atoms. The first kappa shape index (κ1) is 11.9. The van der Waals surface area contributed by atoms with Gasteiger partial charge in [-0.25, -0.2) is 4.98 Å². The normalized spacial score (nSPS) is 11.8. The van der Waals surface area contributed by atoms with E-state index in [2.05, 4.69) is 23.5 Å². The summed E-state index contributed by atoms with van der Waals surface area (Å²) in [6.07, 6.45) is 4.89. The Morgan fingerprint density at radius 1 is 1.60 bits per heavy atom. The van der Waals surface area contributed by atoms with E-state index in [4.69, 9.17) is 5.26 Å². The molecule has 1 aromatic heterocycles. The highest BCUT2D eigenvalue weighted by Crippen LogP contribution is 2.11. The zero-order valence-electron chi connectivity index (χ0n) is 9.03. The molecule has 0 aliphatic heterocycles. The number of nitrogens with zero attached hydrogens (tertiary/aromatic N) is 2. The molecule has 0 fully saturated rings. The van der Waals surface area contributed by atoms with Gasteiger partial charge in [0.2, 0.25) is 0 Å². The quantitative estimate of drug-likeness (QED) is 0.830. The van der Waals surface area contributed by atoms with E-state index in [-0.39, 0.29) is 0 Å². The van der Waals surface area contributed by atoms with Gasteiger partial charge in [-0.15, -0.1) is 0 Å². The van der Waals surface area contributed by atoms with E-state index in [1.807, 2.05) is 23.9 Å². The van der Waals surface area contributed by atoms with Crippen LogP contribution in [0.25, 0.3) is 0 Å². The Balaban J connectivity index is 2.59. The van der Waals surface area contributed by atoms with Crippen LogP contribution in [-0.2, 0) is 0 Å². The molecule has 0 aliphatic rings. The van der Waals surface area contributed by atoms with Gasteiger partial charge in [-0.1, -0.05) is 6.92 Å². The summed E-state index contributed by atoms with van der Waals surface area (Å²) >= 11 is 1.83. The van der Waals surface area contributed by atoms with Crippen LogP contribution in [0, 0.1) is 11.3 Å². The Labute approximate surface area is 94.9 Å². The van der Waals surface area contributed by atoms with Crippen LogP contribution < -0.4 is 5.32 Å². The number of nitriles is 1. The van der Waals surface area contributed by atoms with Gasteiger partial charge in [0.15, 0.2) is 0 Å². The minimum absolute atomic E-state index is 0.457. The van der Waals surface area contributed by atoms with Gasteiger partial charge in [0.1, 0.15) is 11.8 Å². The van der Waals surface area contributed by atoms with Gasteiger partial charge < -0.3 is 5.32 Å². The van der Waals surface area contributed by atoms with Crippen molar-refractivity contribution in [2.75, 3.05) is 17.3 Å². The van der Waals surface area contributed by atoms with E-state index in [0.29, 0.717) is 11.7 Å². The Hall–Kier alpha value is -1.21. The average Bonchev–Trinajstić information content (AvgIpc) is 2.29. The Morgan fingerprint density at radius 2 is 2.40 bits per heavy atom. The molecule has 0 spiro atoms. The Bertz CT molecular complexity index is 329. The van der Waals surface area contributed by atoms with E-state index < -0.39 is 0 Å². The molecule has 0 saturated heterocycles. The summed E-state index contributed by atoms with van der Waals surface area (Å²) in [7, 11) is 0. The molecule has 4 heteroatoms. The second kappa shape index (κ2) is 6.31. The molecule has 1 atom stereocenters. The SMILES string of the molecule is CCC(CSC)Nc1ccc(C#N)nc1. The Kier molecular flexibility index (Phi) is 4.99. The molecule has 1 rings (SSSR count).